The topological polar surface area (TPSA) is 30.0 Å². The number of pyridine rings is 1. The number of nitrogens with zero attached hydrogens (tertiary/aromatic N) is 1. The van der Waals surface area contributed by atoms with Crippen LogP contribution in [0.4, 0.5) is 4.39 Å². The van der Waals surface area contributed by atoms with Gasteiger partial charge in [0.05, 0.1) is 11.8 Å². The van der Waals surface area contributed by atoms with E-state index in [2.05, 4.69) is 16.8 Å². The molecule has 0 saturated heterocycles. The number of aromatic nitrogens is 1. The second kappa shape index (κ2) is 6.51. The van der Waals surface area contributed by atoms with E-state index in [4.69, 9.17) is 11.6 Å². The summed E-state index contributed by atoms with van der Waals surface area (Å²) in [5.74, 6) is 5.55. The Kier molecular flexibility index (Phi) is 5.30. The van der Waals surface area contributed by atoms with Crippen LogP contribution in [0.1, 0.15) is 18.9 Å². The molecule has 0 aliphatic carbocycles. The summed E-state index contributed by atoms with van der Waals surface area (Å²) in [6, 6.07) is 1.38. The van der Waals surface area contributed by atoms with Gasteiger partial charge in [0, 0.05) is 19.1 Å². The molecule has 0 aromatic carbocycles. The zero-order chi connectivity index (χ0) is 12.0. The van der Waals surface area contributed by atoms with Crippen molar-refractivity contribution in [1.29, 1.82) is 0 Å². The van der Waals surface area contributed by atoms with Crippen LogP contribution in [0.2, 0.25) is 5.15 Å². The van der Waals surface area contributed by atoms with Gasteiger partial charge >= 0.3 is 0 Å². The average Bonchev–Trinajstić information content (AvgIpc) is 2.22. The predicted molar refractivity (Wildman–Crippen MR) is 63.8 cm³/mol. The van der Waals surface area contributed by atoms with Gasteiger partial charge in [-0.05, 0) is 6.07 Å². The summed E-state index contributed by atoms with van der Waals surface area (Å²) in [5.41, 5.74) is 0.229. The molecule has 2 nitrogen and oxygen atoms in total. The summed E-state index contributed by atoms with van der Waals surface area (Å²) < 4.78 is 13.1. The quantitative estimate of drug-likeness (QED) is 0.464. The summed E-state index contributed by atoms with van der Waals surface area (Å²) >= 11 is 6.80. The van der Waals surface area contributed by atoms with Crippen molar-refractivity contribution >= 4 is 28.5 Å². The molecular weight excluding hydrogens is 249 g/mol. The second-order valence-electron chi connectivity index (χ2n) is 2.88. The first-order valence-corrected chi connectivity index (χ1v) is 5.89. The van der Waals surface area contributed by atoms with Crippen LogP contribution < -0.4 is 0 Å². The van der Waals surface area contributed by atoms with E-state index < -0.39 is 5.82 Å². The first-order valence-electron chi connectivity index (χ1n) is 4.53. The Bertz CT molecular complexity index is 453. The molecule has 0 spiro atoms. The molecule has 0 N–H and O–H groups in total. The van der Waals surface area contributed by atoms with Crippen LogP contribution in [0.15, 0.2) is 12.3 Å². The summed E-state index contributed by atoms with van der Waals surface area (Å²) in [6.45, 7) is 1.50. The zero-order valence-corrected chi connectivity index (χ0v) is 10.2. The molecule has 0 bridgehead atoms. The number of carbonyl (C=O) groups is 1. The van der Waals surface area contributed by atoms with E-state index in [1.54, 1.807) is 0 Å². The highest BCUT2D eigenvalue weighted by Gasteiger charge is 2.00. The zero-order valence-electron chi connectivity index (χ0n) is 8.59. The summed E-state index contributed by atoms with van der Waals surface area (Å²) in [6.07, 6.45) is 1.57. The van der Waals surface area contributed by atoms with E-state index in [-0.39, 0.29) is 15.8 Å². The van der Waals surface area contributed by atoms with Gasteiger partial charge in [-0.3, -0.25) is 4.79 Å². The Labute approximate surface area is 103 Å². The molecule has 0 amide bonds. The lowest BCUT2D eigenvalue weighted by molar-refractivity contribution is -0.109. The van der Waals surface area contributed by atoms with Crippen LogP contribution in [0.25, 0.3) is 0 Å². The molecule has 1 aromatic heterocycles. The van der Waals surface area contributed by atoms with Gasteiger partial charge < -0.3 is 0 Å². The molecule has 1 rings (SSSR count). The fourth-order valence-corrected chi connectivity index (χ4v) is 1.56. The molecule has 1 aromatic rings. The summed E-state index contributed by atoms with van der Waals surface area (Å²) in [5, 5.41) is 0.267. The Balaban J connectivity index is 2.56. The largest absolute Gasteiger partial charge is 0.288 e. The number of thioether (sulfide) groups is 1. The Morgan fingerprint density at radius 1 is 1.69 bits per heavy atom. The van der Waals surface area contributed by atoms with Gasteiger partial charge in [0.25, 0.3) is 0 Å². The number of halogens is 2. The van der Waals surface area contributed by atoms with Crippen LogP contribution in [0.3, 0.4) is 0 Å². The lowest BCUT2D eigenvalue weighted by Gasteiger charge is -1.94. The van der Waals surface area contributed by atoms with Crippen molar-refractivity contribution in [2.24, 2.45) is 0 Å². The maximum Gasteiger partial charge on any atom is 0.185 e. The van der Waals surface area contributed by atoms with Crippen LogP contribution >= 0.6 is 23.4 Å². The van der Waals surface area contributed by atoms with Crippen molar-refractivity contribution in [3.63, 3.8) is 0 Å². The smallest absolute Gasteiger partial charge is 0.185 e. The lowest BCUT2D eigenvalue weighted by Crippen LogP contribution is -1.87. The van der Waals surface area contributed by atoms with Gasteiger partial charge in [0.1, 0.15) is 5.15 Å². The number of carbonyl (C=O) groups excluding carboxylic acids is 1. The molecule has 5 heteroatoms. The molecule has 84 valence electrons. The van der Waals surface area contributed by atoms with E-state index in [0.717, 1.165) is 6.20 Å². The Morgan fingerprint density at radius 2 is 2.44 bits per heavy atom. The van der Waals surface area contributed by atoms with Crippen molar-refractivity contribution in [3.05, 3.63) is 28.8 Å². The molecule has 0 saturated carbocycles. The number of hydrogen-bond donors (Lipinski definition) is 0. The number of rotatable bonds is 2. The third-order valence-corrected chi connectivity index (χ3v) is 2.60. The SMILES string of the molecule is CC(=O)SCCC#Cc1cc(Cl)ncc1F. The first kappa shape index (κ1) is 13.0. The fraction of sp³-hybridized carbons (Fsp3) is 0.273. The van der Waals surface area contributed by atoms with E-state index in [9.17, 15) is 9.18 Å². The fourth-order valence-electron chi connectivity index (χ4n) is 0.913. The van der Waals surface area contributed by atoms with Gasteiger partial charge in [-0.2, -0.15) is 0 Å². The molecule has 0 unspecified atom stereocenters. The van der Waals surface area contributed by atoms with E-state index in [1.165, 1.54) is 24.8 Å². The van der Waals surface area contributed by atoms with Gasteiger partial charge in [-0.15, -0.1) is 0 Å². The van der Waals surface area contributed by atoms with Crippen molar-refractivity contribution < 1.29 is 9.18 Å². The summed E-state index contributed by atoms with van der Waals surface area (Å²) in [4.78, 5) is 14.2. The maximum absolute atomic E-state index is 13.1. The van der Waals surface area contributed by atoms with Crippen molar-refractivity contribution in [3.8, 4) is 11.8 Å². The van der Waals surface area contributed by atoms with Crippen LogP contribution in [-0.4, -0.2) is 15.9 Å². The molecule has 0 aliphatic rings. The maximum atomic E-state index is 13.1. The highest BCUT2D eigenvalue weighted by atomic mass is 35.5. The van der Waals surface area contributed by atoms with Crippen LogP contribution in [0, 0.1) is 17.7 Å². The monoisotopic (exact) mass is 257 g/mol. The molecule has 0 atom stereocenters. The Hall–Kier alpha value is -1.05. The van der Waals surface area contributed by atoms with Crippen molar-refractivity contribution in [1.82, 2.24) is 4.98 Å². The minimum atomic E-state index is -0.490. The van der Waals surface area contributed by atoms with Crippen molar-refractivity contribution in [2.45, 2.75) is 13.3 Å². The molecule has 0 fully saturated rings. The molecule has 0 aliphatic heterocycles. The Morgan fingerprint density at radius 3 is 3.12 bits per heavy atom. The number of hydrogen-bond acceptors (Lipinski definition) is 3. The first-order chi connectivity index (χ1) is 7.59. The highest BCUT2D eigenvalue weighted by Crippen LogP contribution is 2.10. The van der Waals surface area contributed by atoms with Gasteiger partial charge in [0.15, 0.2) is 10.9 Å². The van der Waals surface area contributed by atoms with Crippen LogP contribution in [-0.2, 0) is 4.79 Å². The molecular formula is C11H9ClFNOS. The third-order valence-electron chi connectivity index (χ3n) is 1.58. The second-order valence-corrected chi connectivity index (χ2v) is 4.54. The third kappa shape index (κ3) is 4.65. The summed E-state index contributed by atoms with van der Waals surface area (Å²) in [7, 11) is 0. The average molecular weight is 258 g/mol. The van der Waals surface area contributed by atoms with Crippen LogP contribution in [0.5, 0.6) is 0 Å². The van der Waals surface area contributed by atoms with Gasteiger partial charge in [-0.1, -0.05) is 35.2 Å². The van der Waals surface area contributed by atoms with Crippen molar-refractivity contribution in [2.75, 3.05) is 5.75 Å². The highest BCUT2D eigenvalue weighted by molar-refractivity contribution is 8.13. The standard InChI is InChI=1S/C11H9ClFNOS/c1-8(15)16-5-3-2-4-9-6-11(12)14-7-10(9)13/h6-7H,3,5H2,1H3. The molecule has 16 heavy (non-hydrogen) atoms. The van der Waals surface area contributed by atoms with E-state index >= 15 is 0 Å². The lowest BCUT2D eigenvalue weighted by atomic mass is 10.2. The molecule has 1 heterocycles. The normalized spacial score (nSPS) is 9.44. The van der Waals surface area contributed by atoms with Gasteiger partial charge in [0.2, 0.25) is 0 Å². The predicted octanol–water partition coefficient (Wildman–Crippen LogP) is 2.90. The molecule has 0 radical (unpaired) electrons. The van der Waals surface area contributed by atoms with E-state index in [1.807, 2.05) is 0 Å². The minimum absolute atomic E-state index is 0.0555. The van der Waals surface area contributed by atoms with Gasteiger partial charge in [-0.25, -0.2) is 9.37 Å². The minimum Gasteiger partial charge on any atom is -0.288 e. The van der Waals surface area contributed by atoms with E-state index in [0.29, 0.717) is 12.2 Å².